The van der Waals surface area contributed by atoms with E-state index in [1.54, 1.807) is 6.07 Å². The van der Waals surface area contributed by atoms with E-state index in [2.05, 4.69) is 12.2 Å². The van der Waals surface area contributed by atoms with Gasteiger partial charge in [-0.2, -0.15) is 0 Å². The summed E-state index contributed by atoms with van der Waals surface area (Å²) in [6, 6.07) is 4.26. The lowest BCUT2D eigenvalue weighted by molar-refractivity contribution is 0.348. The van der Waals surface area contributed by atoms with Crippen LogP contribution in [0.25, 0.3) is 0 Å². The van der Waals surface area contributed by atoms with E-state index in [1.165, 1.54) is 12.1 Å². The predicted molar refractivity (Wildman–Crippen MR) is 55.7 cm³/mol. The van der Waals surface area contributed by atoms with Crippen molar-refractivity contribution in [2.24, 2.45) is 5.92 Å². The Morgan fingerprint density at radius 3 is 2.73 bits per heavy atom. The number of nitrogens with one attached hydrogen (secondary N) is 1. The minimum absolute atomic E-state index is 0.348. The highest BCUT2D eigenvalue weighted by Gasteiger charge is 2.23. The summed E-state index contributed by atoms with van der Waals surface area (Å²) in [5, 5.41) is 3.29. The summed E-state index contributed by atoms with van der Waals surface area (Å²) in [7, 11) is 0. The zero-order valence-electron chi connectivity index (χ0n) is 8.76. The summed E-state index contributed by atoms with van der Waals surface area (Å²) in [6.07, 6.45) is 0.992. The topological polar surface area (TPSA) is 12.0 Å². The van der Waals surface area contributed by atoms with Crippen molar-refractivity contribution < 1.29 is 8.78 Å². The maximum Gasteiger partial charge on any atom is 0.159 e. The highest BCUT2D eigenvalue weighted by atomic mass is 19.2. The smallest absolute Gasteiger partial charge is 0.159 e. The summed E-state index contributed by atoms with van der Waals surface area (Å²) >= 11 is 0. The van der Waals surface area contributed by atoms with Crippen LogP contribution < -0.4 is 5.32 Å². The quantitative estimate of drug-likeness (QED) is 0.753. The van der Waals surface area contributed by atoms with Crippen molar-refractivity contribution in [3.63, 3.8) is 0 Å². The fourth-order valence-electron chi connectivity index (χ4n) is 2.25. The maximum atomic E-state index is 13.1. The summed E-state index contributed by atoms with van der Waals surface area (Å²) < 4.78 is 25.8. The molecule has 1 aromatic carbocycles. The molecule has 3 heteroatoms. The van der Waals surface area contributed by atoms with Crippen LogP contribution in [0.2, 0.25) is 0 Å². The number of benzene rings is 1. The Labute approximate surface area is 88.5 Å². The average Bonchev–Trinajstić information content (AvgIpc) is 2.23. The number of halogens is 2. The molecule has 0 aliphatic carbocycles. The highest BCUT2D eigenvalue weighted by molar-refractivity contribution is 5.23. The SMILES string of the molecule is C[C@@H]1CNCC[C@H]1c1ccc(F)c(F)c1. The highest BCUT2D eigenvalue weighted by Crippen LogP contribution is 2.30. The van der Waals surface area contributed by atoms with Gasteiger partial charge in [0.15, 0.2) is 11.6 Å². The van der Waals surface area contributed by atoms with Crippen molar-refractivity contribution in [2.75, 3.05) is 13.1 Å². The molecule has 0 saturated carbocycles. The van der Waals surface area contributed by atoms with Gasteiger partial charge in [-0.1, -0.05) is 13.0 Å². The molecule has 1 N–H and O–H groups in total. The zero-order chi connectivity index (χ0) is 10.8. The predicted octanol–water partition coefficient (Wildman–Crippen LogP) is 2.68. The standard InChI is InChI=1S/C12H15F2N/c1-8-7-15-5-4-10(8)9-2-3-11(13)12(14)6-9/h2-3,6,8,10,15H,4-5,7H2,1H3/t8-,10-/m1/s1. The first kappa shape index (κ1) is 10.6. The number of piperidine rings is 1. The van der Waals surface area contributed by atoms with Crippen LogP contribution in [-0.2, 0) is 0 Å². The van der Waals surface area contributed by atoms with Gasteiger partial charge in [-0.05, 0) is 49.0 Å². The van der Waals surface area contributed by atoms with E-state index in [9.17, 15) is 8.78 Å². The Morgan fingerprint density at radius 1 is 1.27 bits per heavy atom. The second-order valence-electron chi connectivity index (χ2n) is 4.25. The molecule has 82 valence electrons. The first-order valence-corrected chi connectivity index (χ1v) is 5.34. The molecule has 0 aromatic heterocycles. The van der Waals surface area contributed by atoms with Crippen LogP contribution in [-0.4, -0.2) is 13.1 Å². The van der Waals surface area contributed by atoms with Gasteiger partial charge in [-0.3, -0.25) is 0 Å². The third-order valence-corrected chi connectivity index (χ3v) is 3.16. The second kappa shape index (κ2) is 4.27. The van der Waals surface area contributed by atoms with Crippen LogP contribution >= 0.6 is 0 Å². The Morgan fingerprint density at radius 2 is 2.07 bits per heavy atom. The molecule has 0 radical (unpaired) electrons. The molecular formula is C12H15F2N. The van der Waals surface area contributed by atoms with Gasteiger partial charge in [-0.25, -0.2) is 8.78 Å². The second-order valence-corrected chi connectivity index (χ2v) is 4.25. The van der Waals surface area contributed by atoms with Gasteiger partial charge in [0, 0.05) is 0 Å². The monoisotopic (exact) mass is 211 g/mol. The first-order chi connectivity index (χ1) is 7.18. The summed E-state index contributed by atoms with van der Waals surface area (Å²) in [6.45, 7) is 4.04. The lowest BCUT2D eigenvalue weighted by Gasteiger charge is -2.29. The number of rotatable bonds is 1. The van der Waals surface area contributed by atoms with Crippen LogP contribution in [0.15, 0.2) is 18.2 Å². The molecule has 15 heavy (non-hydrogen) atoms. The normalized spacial score (nSPS) is 26.6. The van der Waals surface area contributed by atoms with Crippen LogP contribution in [0.1, 0.15) is 24.8 Å². The zero-order valence-corrected chi connectivity index (χ0v) is 8.76. The van der Waals surface area contributed by atoms with Crippen molar-refractivity contribution >= 4 is 0 Å². The van der Waals surface area contributed by atoms with Crippen molar-refractivity contribution in [3.05, 3.63) is 35.4 Å². The van der Waals surface area contributed by atoms with E-state index in [0.29, 0.717) is 11.8 Å². The molecule has 0 bridgehead atoms. The van der Waals surface area contributed by atoms with E-state index >= 15 is 0 Å². The molecule has 0 unspecified atom stereocenters. The number of hydrogen-bond donors (Lipinski definition) is 1. The molecule has 1 aliphatic heterocycles. The third-order valence-electron chi connectivity index (χ3n) is 3.16. The van der Waals surface area contributed by atoms with Crippen molar-refractivity contribution in [1.82, 2.24) is 5.32 Å². The molecule has 1 saturated heterocycles. The molecular weight excluding hydrogens is 196 g/mol. The fourth-order valence-corrected chi connectivity index (χ4v) is 2.25. The van der Waals surface area contributed by atoms with Crippen molar-refractivity contribution in [2.45, 2.75) is 19.3 Å². The third kappa shape index (κ3) is 2.17. The van der Waals surface area contributed by atoms with Gasteiger partial charge in [-0.15, -0.1) is 0 Å². The molecule has 2 rings (SSSR count). The van der Waals surface area contributed by atoms with E-state index in [1.807, 2.05) is 0 Å². The van der Waals surface area contributed by atoms with Gasteiger partial charge in [0.1, 0.15) is 0 Å². The molecule has 2 atom stereocenters. The molecule has 1 nitrogen and oxygen atoms in total. The van der Waals surface area contributed by atoms with Gasteiger partial charge >= 0.3 is 0 Å². The van der Waals surface area contributed by atoms with E-state index in [0.717, 1.165) is 25.1 Å². The molecule has 0 spiro atoms. The summed E-state index contributed by atoms with van der Waals surface area (Å²) in [5.41, 5.74) is 0.919. The minimum atomic E-state index is -0.764. The Bertz CT molecular complexity index is 351. The fraction of sp³-hybridized carbons (Fsp3) is 0.500. The van der Waals surface area contributed by atoms with Crippen LogP contribution in [0.4, 0.5) is 8.78 Å². The van der Waals surface area contributed by atoms with Crippen LogP contribution in [0, 0.1) is 17.6 Å². The van der Waals surface area contributed by atoms with E-state index in [4.69, 9.17) is 0 Å². The largest absolute Gasteiger partial charge is 0.316 e. The van der Waals surface area contributed by atoms with Crippen LogP contribution in [0.5, 0.6) is 0 Å². The Hall–Kier alpha value is -0.960. The van der Waals surface area contributed by atoms with E-state index < -0.39 is 11.6 Å². The molecule has 1 fully saturated rings. The lowest BCUT2D eigenvalue weighted by atomic mass is 9.82. The Balaban J connectivity index is 2.24. The number of hydrogen-bond acceptors (Lipinski definition) is 1. The molecule has 1 heterocycles. The first-order valence-electron chi connectivity index (χ1n) is 5.34. The van der Waals surface area contributed by atoms with Gasteiger partial charge in [0.05, 0.1) is 0 Å². The van der Waals surface area contributed by atoms with Crippen molar-refractivity contribution in [3.8, 4) is 0 Å². The average molecular weight is 211 g/mol. The molecule has 0 amide bonds. The molecule has 1 aromatic rings. The maximum absolute atomic E-state index is 13.1. The van der Waals surface area contributed by atoms with E-state index in [-0.39, 0.29) is 0 Å². The van der Waals surface area contributed by atoms with Crippen molar-refractivity contribution in [1.29, 1.82) is 0 Å². The van der Waals surface area contributed by atoms with Gasteiger partial charge in [0.25, 0.3) is 0 Å². The summed E-state index contributed by atoms with van der Waals surface area (Å²) in [5.74, 6) is -0.677. The minimum Gasteiger partial charge on any atom is -0.316 e. The molecule has 1 aliphatic rings. The van der Waals surface area contributed by atoms with Gasteiger partial charge in [0.2, 0.25) is 0 Å². The van der Waals surface area contributed by atoms with Crippen LogP contribution in [0.3, 0.4) is 0 Å². The lowest BCUT2D eigenvalue weighted by Crippen LogP contribution is -2.33. The van der Waals surface area contributed by atoms with Gasteiger partial charge < -0.3 is 5.32 Å². The Kier molecular flexibility index (Phi) is 3.00. The summed E-state index contributed by atoms with van der Waals surface area (Å²) in [4.78, 5) is 0.